The summed E-state index contributed by atoms with van der Waals surface area (Å²) in [5.41, 5.74) is 6.59. The average molecular weight is 261 g/mol. The Morgan fingerprint density at radius 1 is 1.42 bits per heavy atom. The number of nitrogens with one attached hydrogen (secondary N) is 1. The molecule has 2 aromatic rings. The summed E-state index contributed by atoms with van der Waals surface area (Å²) >= 11 is 0. The fourth-order valence-electron chi connectivity index (χ4n) is 1.63. The van der Waals surface area contributed by atoms with E-state index in [-0.39, 0.29) is 11.3 Å². The molecule has 0 atom stereocenters. The standard InChI is InChI=1S/C12H15N5O2/c1-3-17-7-9(13)11(15-17)12(19)14-8-4-5-10(18)16(2)6-8/h4-7H,3,13H2,1-2H3,(H,14,19). The van der Waals surface area contributed by atoms with E-state index < -0.39 is 5.91 Å². The molecule has 0 aliphatic heterocycles. The van der Waals surface area contributed by atoms with E-state index in [1.165, 1.54) is 22.9 Å². The maximum atomic E-state index is 12.0. The van der Waals surface area contributed by atoms with E-state index in [1.807, 2.05) is 6.92 Å². The molecule has 7 heteroatoms. The van der Waals surface area contributed by atoms with Crippen LogP contribution in [0.15, 0.2) is 29.3 Å². The molecule has 3 N–H and O–H groups in total. The minimum absolute atomic E-state index is 0.146. The largest absolute Gasteiger partial charge is 0.396 e. The lowest BCUT2D eigenvalue weighted by atomic mass is 10.3. The molecule has 0 saturated heterocycles. The van der Waals surface area contributed by atoms with Gasteiger partial charge >= 0.3 is 0 Å². The van der Waals surface area contributed by atoms with E-state index in [0.717, 1.165) is 0 Å². The van der Waals surface area contributed by atoms with E-state index in [2.05, 4.69) is 10.4 Å². The second-order valence-electron chi connectivity index (χ2n) is 4.11. The quantitative estimate of drug-likeness (QED) is 0.838. The first kappa shape index (κ1) is 12.9. The van der Waals surface area contributed by atoms with Crippen LogP contribution >= 0.6 is 0 Å². The first-order chi connectivity index (χ1) is 9.01. The maximum Gasteiger partial charge on any atom is 0.278 e. The predicted molar refractivity (Wildman–Crippen MR) is 71.9 cm³/mol. The highest BCUT2D eigenvalue weighted by Gasteiger charge is 2.14. The van der Waals surface area contributed by atoms with Crippen molar-refractivity contribution in [2.75, 3.05) is 11.1 Å². The van der Waals surface area contributed by atoms with Crippen LogP contribution in [0.5, 0.6) is 0 Å². The van der Waals surface area contributed by atoms with Gasteiger partial charge in [-0.1, -0.05) is 0 Å². The second kappa shape index (κ2) is 4.97. The summed E-state index contributed by atoms with van der Waals surface area (Å²) in [4.78, 5) is 23.2. The topological polar surface area (TPSA) is 94.9 Å². The molecule has 0 bridgehead atoms. The summed E-state index contributed by atoms with van der Waals surface area (Å²) in [5, 5.41) is 6.73. The predicted octanol–water partition coefficient (Wildman–Crippen LogP) is 0.436. The Kier molecular flexibility index (Phi) is 3.37. The Balaban J connectivity index is 2.22. The van der Waals surface area contributed by atoms with Gasteiger partial charge in [-0.25, -0.2) is 0 Å². The van der Waals surface area contributed by atoms with Crippen molar-refractivity contribution in [1.29, 1.82) is 0 Å². The van der Waals surface area contributed by atoms with Gasteiger partial charge in [-0.3, -0.25) is 14.3 Å². The normalized spacial score (nSPS) is 10.4. The third kappa shape index (κ3) is 2.65. The van der Waals surface area contributed by atoms with Gasteiger partial charge in [0.25, 0.3) is 5.91 Å². The number of carbonyl (C=O) groups is 1. The van der Waals surface area contributed by atoms with Crippen molar-refractivity contribution in [2.24, 2.45) is 7.05 Å². The van der Waals surface area contributed by atoms with E-state index in [4.69, 9.17) is 5.73 Å². The number of aromatic nitrogens is 3. The number of rotatable bonds is 3. The van der Waals surface area contributed by atoms with Crippen molar-refractivity contribution >= 4 is 17.3 Å². The van der Waals surface area contributed by atoms with Gasteiger partial charge in [-0.05, 0) is 13.0 Å². The molecule has 0 aliphatic carbocycles. The van der Waals surface area contributed by atoms with Crippen molar-refractivity contribution in [2.45, 2.75) is 13.5 Å². The number of hydrogen-bond acceptors (Lipinski definition) is 4. The molecular formula is C12H15N5O2. The highest BCUT2D eigenvalue weighted by Crippen LogP contribution is 2.12. The van der Waals surface area contributed by atoms with Crippen LogP contribution in [0, 0.1) is 0 Å². The third-order valence-corrected chi connectivity index (χ3v) is 2.67. The number of nitrogens with zero attached hydrogens (tertiary/aromatic N) is 3. The lowest BCUT2D eigenvalue weighted by Crippen LogP contribution is -2.19. The van der Waals surface area contributed by atoms with Crippen LogP contribution in [0.25, 0.3) is 0 Å². The van der Waals surface area contributed by atoms with Crippen LogP contribution in [0.3, 0.4) is 0 Å². The van der Waals surface area contributed by atoms with Gasteiger partial charge < -0.3 is 15.6 Å². The fourth-order valence-corrected chi connectivity index (χ4v) is 1.63. The van der Waals surface area contributed by atoms with Gasteiger partial charge in [-0.2, -0.15) is 5.10 Å². The van der Waals surface area contributed by atoms with Crippen molar-refractivity contribution in [3.63, 3.8) is 0 Å². The number of nitrogens with two attached hydrogens (primary N) is 1. The first-order valence-electron chi connectivity index (χ1n) is 5.82. The van der Waals surface area contributed by atoms with Crippen LogP contribution in [0.1, 0.15) is 17.4 Å². The minimum atomic E-state index is -0.400. The SMILES string of the molecule is CCn1cc(N)c(C(=O)Nc2ccc(=O)n(C)c2)n1. The number of pyridine rings is 1. The van der Waals surface area contributed by atoms with Crippen molar-refractivity contribution in [3.05, 3.63) is 40.6 Å². The van der Waals surface area contributed by atoms with Crippen LogP contribution in [0.4, 0.5) is 11.4 Å². The minimum Gasteiger partial charge on any atom is -0.396 e. The van der Waals surface area contributed by atoms with Crippen molar-refractivity contribution < 1.29 is 4.79 Å². The molecule has 1 amide bonds. The molecule has 0 spiro atoms. The fraction of sp³-hybridized carbons (Fsp3) is 0.250. The second-order valence-corrected chi connectivity index (χ2v) is 4.11. The molecule has 0 radical (unpaired) electrons. The Labute approximate surface area is 109 Å². The Morgan fingerprint density at radius 2 is 2.16 bits per heavy atom. The molecular weight excluding hydrogens is 246 g/mol. The molecule has 19 heavy (non-hydrogen) atoms. The van der Waals surface area contributed by atoms with E-state index >= 15 is 0 Å². The van der Waals surface area contributed by atoms with Gasteiger partial charge in [0.05, 0.1) is 11.4 Å². The summed E-state index contributed by atoms with van der Waals surface area (Å²) in [6.45, 7) is 2.54. The summed E-state index contributed by atoms with van der Waals surface area (Å²) < 4.78 is 2.97. The Bertz CT molecular complexity index is 671. The molecule has 100 valence electrons. The van der Waals surface area contributed by atoms with Crippen molar-refractivity contribution in [1.82, 2.24) is 14.3 Å². The van der Waals surface area contributed by atoms with Gasteiger partial charge in [0.2, 0.25) is 5.56 Å². The number of carbonyl (C=O) groups excluding carboxylic acids is 1. The van der Waals surface area contributed by atoms with Crippen LogP contribution in [-0.4, -0.2) is 20.3 Å². The first-order valence-corrected chi connectivity index (χ1v) is 5.82. The zero-order chi connectivity index (χ0) is 14.0. The van der Waals surface area contributed by atoms with E-state index in [9.17, 15) is 9.59 Å². The zero-order valence-electron chi connectivity index (χ0n) is 10.8. The number of hydrogen-bond donors (Lipinski definition) is 2. The molecule has 2 rings (SSSR count). The lowest BCUT2D eigenvalue weighted by molar-refractivity contribution is 0.102. The highest BCUT2D eigenvalue weighted by atomic mass is 16.2. The van der Waals surface area contributed by atoms with Gasteiger partial charge in [-0.15, -0.1) is 0 Å². The van der Waals surface area contributed by atoms with Gasteiger partial charge in [0.15, 0.2) is 5.69 Å². The van der Waals surface area contributed by atoms with E-state index in [0.29, 0.717) is 17.9 Å². The monoisotopic (exact) mass is 261 g/mol. The Morgan fingerprint density at radius 3 is 2.74 bits per heavy atom. The van der Waals surface area contributed by atoms with E-state index in [1.54, 1.807) is 17.9 Å². The van der Waals surface area contributed by atoms with Gasteiger partial charge in [0.1, 0.15) is 0 Å². The maximum absolute atomic E-state index is 12.0. The highest BCUT2D eigenvalue weighted by molar-refractivity contribution is 6.06. The summed E-state index contributed by atoms with van der Waals surface area (Å²) in [7, 11) is 1.61. The number of amides is 1. The number of nitrogen functional groups attached to an aromatic ring is 1. The van der Waals surface area contributed by atoms with Crippen molar-refractivity contribution in [3.8, 4) is 0 Å². The molecule has 0 aromatic carbocycles. The molecule has 0 saturated carbocycles. The Hall–Kier alpha value is -2.57. The summed E-state index contributed by atoms with van der Waals surface area (Å²) in [5.74, 6) is -0.400. The summed E-state index contributed by atoms with van der Waals surface area (Å²) in [6.07, 6.45) is 3.14. The molecule has 0 unspecified atom stereocenters. The molecule has 0 fully saturated rings. The average Bonchev–Trinajstić information content (AvgIpc) is 2.75. The molecule has 7 nitrogen and oxygen atoms in total. The summed E-state index contributed by atoms with van der Waals surface area (Å²) in [6, 6.07) is 2.91. The molecule has 2 heterocycles. The molecule has 2 aromatic heterocycles. The lowest BCUT2D eigenvalue weighted by Gasteiger charge is -2.05. The third-order valence-electron chi connectivity index (χ3n) is 2.67. The van der Waals surface area contributed by atoms with Crippen LogP contribution < -0.4 is 16.6 Å². The zero-order valence-corrected chi connectivity index (χ0v) is 10.8. The van der Waals surface area contributed by atoms with Crippen LogP contribution in [-0.2, 0) is 13.6 Å². The number of aryl methyl sites for hydroxylation is 2. The van der Waals surface area contributed by atoms with Gasteiger partial charge in [0, 0.05) is 32.1 Å². The van der Waals surface area contributed by atoms with Crippen LogP contribution in [0.2, 0.25) is 0 Å². The molecule has 0 aliphatic rings. The smallest absolute Gasteiger partial charge is 0.278 e. The number of anilines is 2.